The predicted octanol–water partition coefficient (Wildman–Crippen LogP) is 0.714. The van der Waals surface area contributed by atoms with E-state index in [9.17, 15) is 4.79 Å². The third kappa shape index (κ3) is 3.19. The molecule has 2 aliphatic heterocycles. The van der Waals surface area contributed by atoms with E-state index in [1.165, 1.54) is 25.7 Å². The molecule has 98 valence electrons. The van der Waals surface area contributed by atoms with Gasteiger partial charge in [0.25, 0.3) is 0 Å². The minimum atomic E-state index is 0.168. The van der Waals surface area contributed by atoms with E-state index >= 15 is 0 Å². The molecular weight excluding hydrogens is 214 g/mol. The Hall–Kier alpha value is -0.610. The van der Waals surface area contributed by atoms with Crippen molar-refractivity contribution in [3.05, 3.63) is 0 Å². The molecule has 0 aliphatic carbocycles. The normalized spacial score (nSPS) is 32.7. The molecule has 0 aromatic rings. The van der Waals surface area contributed by atoms with Crippen molar-refractivity contribution in [3.8, 4) is 0 Å². The highest BCUT2D eigenvalue weighted by Crippen LogP contribution is 2.36. The van der Waals surface area contributed by atoms with Gasteiger partial charge in [-0.25, -0.2) is 0 Å². The van der Waals surface area contributed by atoms with Gasteiger partial charge in [0.15, 0.2) is 0 Å². The van der Waals surface area contributed by atoms with Gasteiger partial charge in [0.1, 0.15) is 0 Å². The van der Waals surface area contributed by atoms with Gasteiger partial charge in [-0.15, -0.1) is 0 Å². The number of carbonyl (C=O) groups excluding carboxylic acids is 1. The van der Waals surface area contributed by atoms with Gasteiger partial charge in [0.2, 0.25) is 5.91 Å². The van der Waals surface area contributed by atoms with Crippen molar-refractivity contribution < 1.29 is 4.79 Å². The lowest BCUT2D eigenvalue weighted by Crippen LogP contribution is -2.43. The van der Waals surface area contributed by atoms with Crippen LogP contribution in [0.1, 0.15) is 38.5 Å². The average molecular weight is 239 g/mol. The van der Waals surface area contributed by atoms with Crippen molar-refractivity contribution in [2.24, 2.45) is 11.7 Å². The topological polar surface area (TPSA) is 58.4 Å². The van der Waals surface area contributed by atoms with Gasteiger partial charge in [-0.2, -0.15) is 0 Å². The number of nitrogens with one attached hydrogen (secondary N) is 1. The minimum absolute atomic E-state index is 0.168. The Labute approximate surface area is 104 Å². The first-order valence-corrected chi connectivity index (χ1v) is 6.89. The molecule has 4 nitrogen and oxygen atoms in total. The van der Waals surface area contributed by atoms with Gasteiger partial charge in [-0.05, 0) is 51.6 Å². The SMILES string of the molecule is CN1C2CCC1CC(CNC(=O)CCCN)C2. The van der Waals surface area contributed by atoms with E-state index in [-0.39, 0.29) is 5.91 Å². The molecule has 0 aromatic carbocycles. The first-order valence-electron chi connectivity index (χ1n) is 6.89. The zero-order chi connectivity index (χ0) is 12.3. The van der Waals surface area contributed by atoms with Crippen LogP contribution >= 0.6 is 0 Å². The summed E-state index contributed by atoms with van der Waals surface area (Å²) in [6.07, 6.45) is 6.58. The number of carbonyl (C=O) groups is 1. The Balaban J connectivity index is 1.69. The fraction of sp³-hybridized carbons (Fsp3) is 0.923. The molecule has 2 saturated heterocycles. The lowest BCUT2D eigenvalue weighted by Gasteiger charge is -2.36. The van der Waals surface area contributed by atoms with Crippen molar-refractivity contribution in [2.75, 3.05) is 20.1 Å². The number of hydrogen-bond donors (Lipinski definition) is 2. The monoisotopic (exact) mass is 239 g/mol. The summed E-state index contributed by atoms with van der Waals surface area (Å²) in [5.74, 6) is 0.854. The van der Waals surface area contributed by atoms with Crippen LogP contribution in [0.3, 0.4) is 0 Å². The molecule has 2 bridgehead atoms. The molecule has 17 heavy (non-hydrogen) atoms. The van der Waals surface area contributed by atoms with Crippen molar-refractivity contribution in [3.63, 3.8) is 0 Å². The standard InChI is InChI=1S/C13H25N3O/c1-16-11-4-5-12(16)8-10(7-11)9-15-13(17)3-2-6-14/h10-12H,2-9,14H2,1H3,(H,15,17). The number of nitrogens with zero attached hydrogens (tertiary/aromatic N) is 1. The van der Waals surface area contributed by atoms with E-state index in [0.29, 0.717) is 18.9 Å². The van der Waals surface area contributed by atoms with Crippen LogP contribution in [0.2, 0.25) is 0 Å². The Morgan fingerprint density at radius 1 is 1.35 bits per heavy atom. The summed E-state index contributed by atoms with van der Waals surface area (Å²) < 4.78 is 0. The quantitative estimate of drug-likeness (QED) is 0.743. The Morgan fingerprint density at radius 3 is 2.59 bits per heavy atom. The van der Waals surface area contributed by atoms with Gasteiger partial charge in [0, 0.05) is 25.0 Å². The van der Waals surface area contributed by atoms with Crippen LogP contribution in [-0.2, 0) is 4.79 Å². The van der Waals surface area contributed by atoms with Crippen molar-refractivity contribution >= 4 is 5.91 Å². The molecule has 2 fully saturated rings. The van der Waals surface area contributed by atoms with Crippen molar-refractivity contribution in [1.82, 2.24) is 10.2 Å². The van der Waals surface area contributed by atoms with Crippen LogP contribution in [0.15, 0.2) is 0 Å². The zero-order valence-electron chi connectivity index (χ0n) is 10.8. The zero-order valence-corrected chi connectivity index (χ0v) is 10.8. The molecule has 0 radical (unpaired) electrons. The third-order valence-corrected chi connectivity index (χ3v) is 4.39. The van der Waals surface area contributed by atoms with Crippen LogP contribution < -0.4 is 11.1 Å². The van der Waals surface area contributed by atoms with Gasteiger partial charge < -0.3 is 16.0 Å². The van der Waals surface area contributed by atoms with E-state index in [1.54, 1.807) is 0 Å². The molecular formula is C13H25N3O. The maximum atomic E-state index is 11.5. The molecule has 2 rings (SSSR count). The highest BCUT2D eigenvalue weighted by molar-refractivity contribution is 5.75. The fourth-order valence-corrected chi connectivity index (χ4v) is 3.30. The smallest absolute Gasteiger partial charge is 0.220 e. The second kappa shape index (κ2) is 5.83. The first-order chi connectivity index (χ1) is 8.20. The molecule has 0 aromatic heterocycles. The second-order valence-electron chi connectivity index (χ2n) is 5.58. The second-order valence-corrected chi connectivity index (χ2v) is 5.58. The number of amides is 1. The van der Waals surface area contributed by atoms with E-state index in [1.807, 2.05) is 0 Å². The Kier molecular flexibility index (Phi) is 4.40. The fourth-order valence-electron chi connectivity index (χ4n) is 3.30. The molecule has 3 N–H and O–H groups in total. The van der Waals surface area contributed by atoms with Crippen LogP contribution in [0.5, 0.6) is 0 Å². The third-order valence-electron chi connectivity index (χ3n) is 4.39. The van der Waals surface area contributed by atoms with Crippen LogP contribution in [-0.4, -0.2) is 43.0 Å². The molecule has 0 spiro atoms. The summed E-state index contributed by atoms with van der Waals surface area (Å²) in [6.45, 7) is 1.47. The minimum Gasteiger partial charge on any atom is -0.356 e. The average Bonchev–Trinajstić information content (AvgIpc) is 2.57. The number of fused-ring (bicyclic) bond motifs is 2. The van der Waals surface area contributed by atoms with E-state index < -0.39 is 0 Å². The Morgan fingerprint density at radius 2 is 2.00 bits per heavy atom. The lowest BCUT2D eigenvalue weighted by molar-refractivity contribution is -0.121. The van der Waals surface area contributed by atoms with Crippen LogP contribution in [0.25, 0.3) is 0 Å². The van der Waals surface area contributed by atoms with E-state index in [2.05, 4.69) is 17.3 Å². The van der Waals surface area contributed by atoms with Gasteiger partial charge in [-0.1, -0.05) is 0 Å². The predicted molar refractivity (Wildman–Crippen MR) is 68.6 cm³/mol. The summed E-state index contributed by atoms with van der Waals surface area (Å²) in [6, 6.07) is 1.53. The molecule has 0 saturated carbocycles. The van der Waals surface area contributed by atoms with Gasteiger partial charge in [0.05, 0.1) is 0 Å². The number of nitrogens with two attached hydrogens (primary N) is 1. The summed E-state index contributed by atoms with van der Waals surface area (Å²) in [5.41, 5.74) is 5.39. The number of rotatable bonds is 5. The highest BCUT2D eigenvalue weighted by Gasteiger charge is 2.38. The summed E-state index contributed by atoms with van der Waals surface area (Å²) in [5, 5.41) is 3.06. The van der Waals surface area contributed by atoms with Crippen LogP contribution in [0, 0.1) is 5.92 Å². The maximum absolute atomic E-state index is 11.5. The van der Waals surface area contributed by atoms with E-state index in [4.69, 9.17) is 5.73 Å². The van der Waals surface area contributed by atoms with Gasteiger partial charge in [-0.3, -0.25) is 4.79 Å². The molecule has 2 heterocycles. The summed E-state index contributed by atoms with van der Waals surface area (Å²) in [7, 11) is 2.25. The molecule has 2 aliphatic rings. The van der Waals surface area contributed by atoms with Crippen LogP contribution in [0.4, 0.5) is 0 Å². The van der Waals surface area contributed by atoms with Crippen molar-refractivity contribution in [2.45, 2.75) is 50.6 Å². The number of piperidine rings is 1. The Bertz CT molecular complexity index is 255. The van der Waals surface area contributed by atoms with Gasteiger partial charge >= 0.3 is 0 Å². The highest BCUT2D eigenvalue weighted by atomic mass is 16.1. The van der Waals surface area contributed by atoms with E-state index in [0.717, 1.165) is 25.0 Å². The number of hydrogen-bond acceptors (Lipinski definition) is 3. The largest absolute Gasteiger partial charge is 0.356 e. The van der Waals surface area contributed by atoms with Crippen molar-refractivity contribution in [1.29, 1.82) is 0 Å². The molecule has 2 unspecified atom stereocenters. The molecule has 1 amide bonds. The summed E-state index contributed by atoms with van der Waals surface area (Å²) >= 11 is 0. The lowest BCUT2D eigenvalue weighted by atomic mass is 9.91. The maximum Gasteiger partial charge on any atom is 0.220 e. The first kappa shape index (κ1) is 12.8. The molecule has 4 heteroatoms. The molecule has 2 atom stereocenters. The summed E-state index contributed by atoms with van der Waals surface area (Å²) in [4.78, 5) is 14.0.